The van der Waals surface area contributed by atoms with E-state index in [4.69, 9.17) is 5.73 Å². The lowest BCUT2D eigenvalue weighted by Gasteiger charge is -2.48. The number of allylic oxidation sites excluding steroid dienone is 2. The zero-order valence-electron chi connectivity index (χ0n) is 16.7. The van der Waals surface area contributed by atoms with Crippen LogP contribution in [0.15, 0.2) is 48.4 Å². The van der Waals surface area contributed by atoms with Crippen molar-refractivity contribution in [2.75, 3.05) is 4.90 Å². The molecular formula is C23H20F2N4O2. The third kappa shape index (κ3) is 3.19. The Balaban J connectivity index is 1.58. The molecule has 1 saturated heterocycles. The number of halogens is 2. The maximum absolute atomic E-state index is 15.2. The number of anilines is 1. The minimum Gasteiger partial charge on any atom is -0.402 e. The Morgan fingerprint density at radius 3 is 2.58 bits per heavy atom. The molecule has 0 bridgehead atoms. The van der Waals surface area contributed by atoms with Crippen LogP contribution in [0.4, 0.5) is 14.5 Å². The van der Waals surface area contributed by atoms with Gasteiger partial charge in [0.05, 0.1) is 29.3 Å². The van der Waals surface area contributed by atoms with E-state index in [1.165, 1.54) is 11.8 Å². The lowest BCUT2D eigenvalue weighted by atomic mass is 9.78. The van der Waals surface area contributed by atoms with E-state index in [0.717, 1.165) is 42.1 Å². The normalized spacial score (nSPS) is 21.5. The molecule has 2 aromatic carbocycles. The Labute approximate surface area is 176 Å². The topological polar surface area (TPSA) is 92.1 Å². The second-order valence-electron chi connectivity index (χ2n) is 8.23. The number of ketones is 1. The number of hydrogen-bond donors (Lipinski definition) is 2. The van der Waals surface area contributed by atoms with E-state index in [0.29, 0.717) is 5.69 Å². The molecule has 2 aliphatic rings. The van der Waals surface area contributed by atoms with Gasteiger partial charge in [0.25, 0.3) is 0 Å². The fraction of sp³-hybridized carbons (Fsp3) is 0.261. The maximum Gasteiger partial charge on any atom is 0.233 e. The minimum absolute atomic E-state index is 0.118. The van der Waals surface area contributed by atoms with Crippen molar-refractivity contribution in [1.82, 2.24) is 9.97 Å². The van der Waals surface area contributed by atoms with Crippen molar-refractivity contribution in [3.05, 3.63) is 71.2 Å². The first-order valence-corrected chi connectivity index (χ1v) is 10.1. The lowest BCUT2D eigenvalue weighted by molar-refractivity contribution is -0.131. The Kier molecular flexibility index (Phi) is 4.39. The van der Waals surface area contributed by atoms with Crippen LogP contribution in [-0.4, -0.2) is 21.7 Å². The van der Waals surface area contributed by atoms with Crippen LogP contribution in [-0.2, 0) is 4.79 Å². The third-order valence-electron chi connectivity index (χ3n) is 5.97. The highest BCUT2D eigenvalue weighted by molar-refractivity contribution is 6.06. The molecule has 1 aliphatic heterocycles. The number of nitrogens with one attached hydrogen (secondary N) is 1. The number of hydrogen-bond acceptors (Lipinski definition) is 4. The average molecular weight is 422 g/mol. The first-order valence-electron chi connectivity index (χ1n) is 10.1. The molecule has 158 valence electrons. The zero-order chi connectivity index (χ0) is 21.9. The van der Waals surface area contributed by atoms with Crippen LogP contribution in [0.5, 0.6) is 0 Å². The summed E-state index contributed by atoms with van der Waals surface area (Å²) in [5.41, 5.74) is 7.44. The second-order valence-corrected chi connectivity index (χ2v) is 8.23. The fourth-order valence-electron chi connectivity index (χ4n) is 4.40. The first kappa shape index (κ1) is 19.4. The van der Waals surface area contributed by atoms with Gasteiger partial charge >= 0.3 is 0 Å². The quantitative estimate of drug-likeness (QED) is 0.369. The number of aromatic amines is 1. The van der Waals surface area contributed by atoms with Crippen LogP contribution in [0.3, 0.4) is 0 Å². The van der Waals surface area contributed by atoms with Gasteiger partial charge in [-0.05, 0) is 56.0 Å². The molecule has 1 aromatic heterocycles. The molecule has 1 saturated carbocycles. The van der Waals surface area contributed by atoms with Gasteiger partial charge < -0.3 is 15.6 Å². The summed E-state index contributed by atoms with van der Waals surface area (Å²) in [5, 5.41) is 0. The molecule has 3 N–H and O–H groups in total. The Bertz CT molecular complexity index is 1230. The predicted octanol–water partition coefficient (Wildman–Crippen LogP) is 4.00. The van der Waals surface area contributed by atoms with Gasteiger partial charge in [-0.15, -0.1) is 0 Å². The summed E-state index contributed by atoms with van der Waals surface area (Å²) in [7, 11) is 0. The summed E-state index contributed by atoms with van der Waals surface area (Å²) in [6.07, 6.45) is 4.39. The van der Waals surface area contributed by atoms with Crippen LogP contribution in [0.25, 0.3) is 11.0 Å². The SMILES string of the molecule is C/C(N)=C/C(=O)c1cc(F)c([C@H]2[C@@H](C3CC3)C(=O)N2c2ccc3nc[nH]c3c2)c(F)c1. The number of amides is 1. The molecule has 0 spiro atoms. The number of H-pyrrole nitrogens is 1. The van der Waals surface area contributed by atoms with Crippen molar-refractivity contribution >= 4 is 28.4 Å². The molecule has 2 fully saturated rings. The monoisotopic (exact) mass is 422 g/mol. The van der Waals surface area contributed by atoms with Crippen molar-refractivity contribution in [1.29, 1.82) is 0 Å². The molecule has 2 atom stereocenters. The van der Waals surface area contributed by atoms with Crippen LogP contribution in [0, 0.1) is 23.5 Å². The van der Waals surface area contributed by atoms with Gasteiger partial charge in [0, 0.05) is 28.6 Å². The number of carbonyl (C=O) groups excluding carboxylic acids is 2. The average Bonchev–Trinajstić information content (AvgIpc) is 3.41. The minimum atomic E-state index is -0.845. The van der Waals surface area contributed by atoms with E-state index < -0.39 is 29.4 Å². The molecule has 1 amide bonds. The zero-order valence-corrected chi connectivity index (χ0v) is 16.7. The Hall–Kier alpha value is -3.55. The number of benzene rings is 2. The molecule has 3 aromatic rings. The van der Waals surface area contributed by atoms with E-state index in [9.17, 15) is 9.59 Å². The summed E-state index contributed by atoms with van der Waals surface area (Å²) in [6, 6.07) is 6.49. The number of fused-ring (bicyclic) bond motifs is 1. The van der Waals surface area contributed by atoms with E-state index in [1.807, 2.05) is 0 Å². The maximum atomic E-state index is 15.2. The van der Waals surface area contributed by atoms with Crippen molar-refractivity contribution in [3.8, 4) is 0 Å². The highest BCUT2D eigenvalue weighted by Crippen LogP contribution is 2.54. The van der Waals surface area contributed by atoms with Gasteiger partial charge in [-0.25, -0.2) is 13.8 Å². The molecule has 2 heterocycles. The number of rotatable bonds is 5. The van der Waals surface area contributed by atoms with E-state index in [1.54, 1.807) is 24.5 Å². The number of nitrogens with zero attached hydrogens (tertiary/aromatic N) is 2. The van der Waals surface area contributed by atoms with Crippen LogP contribution in [0.2, 0.25) is 0 Å². The van der Waals surface area contributed by atoms with Crippen molar-refractivity contribution in [3.63, 3.8) is 0 Å². The summed E-state index contributed by atoms with van der Waals surface area (Å²) >= 11 is 0. The summed E-state index contributed by atoms with van der Waals surface area (Å²) in [5.74, 6) is -2.77. The fourth-order valence-corrected chi connectivity index (χ4v) is 4.40. The predicted molar refractivity (Wildman–Crippen MR) is 111 cm³/mol. The second kappa shape index (κ2) is 7.01. The van der Waals surface area contributed by atoms with Crippen molar-refractivity contribution in [2.45, 2.75) is 25.8 Å². The number of aromatic nitrogens is 2. The number of carbonyl (C=O) groups is 2. The summed E-state index contributed by atoms with van der Waals surface area (Å²) in [4.78, 5) is 33.8. The number of β-lactam (4-membered cyclic amide) rings is 1. The molecule has 8 heteroatoms. The van der Waals surface area contributed by atoms with Gasteiger partial charge in [0.1, 0.15) is 11.6 Å². The third-order valence-corrected chi connectivity index (χ3v) is 5.97. The Morgan fingerprint density at radius 1 is 1.23 bits per heavy atom. The largest absolute Gasteiger partial charge is 0.402 e. The molecule has 0 radical (unpaired) electrons. The van der Waals surface area contributed by atoms with E-state index in [2.05, 4.69) is 9.97 Å². The summed E-state index contributed by atoms with van der Waals surface area (Å²) in [6.45, 7) is 1.52. The van der Waals surface area contributed by atoms with Crippen molar-refractivity contribution in [2.24, 2.45) is 17.6 Å². The first-order chi connectivity index (χ1) is 14.8. The molecule has 6 nitrogen and oxygen atoms in total. The van der Waals surface area contributed by atoms with Gasteiger partial charge in [-0.3, -0.25) is 9.59 Å². The lowest BCUT2D eigenvalue weighted by Crippen LogP contribution is -2.56. The molecule has 0 unspecified atom stereocenters. The summed E-state index contributed by atoms with van der Waals surface area (Å²) < 4.78 is 30.3. The highest BCUT2D eigenvalue weighted by Gasteiger charge is 2.56. The van der Waals surface area contributed by atoms with Gasteiger partial charge in [0.2, 0.25) is 5.91 Å². The van der Waals surface area contributed by atoms with Crippen LogP contribution >= 0.6 is 0 Å². The number of imidazole rings is 1. The molecule has 1 aliphatic carbocycles. The smallest absolute Gasteiger partial charge is 0.233 e. The van der Waals surface area contributed by atoms with E-state index in [-0.39, 0.29) is 28.6 Å². The Morgan fingerprint density at radius 2 is 1.94 bits per heavy atom. The van der Waals surface area contributed by atoms with Gasteiger partial charge in [-0.2, -0.15) is 0 Å². The van der Waals surface area contributed by atoms with Crippen LogP contribution in [0.1, 0.15) is 41.7 Å². The highest BCUT2D eigenvalue weighted by atomic mass is 19.1. The van der Waals surface area contributed by atoms with Crippen LogP contribution < -0.4 is 10.6 Å². The molecule has 5 rings (SSSR count). The van der Waals surface area contributed by atoms with Gasteiger partial charge in [0.15, 0.2) is 5.78 Å². The van der Waals surface area contributed by atoms with Gasteiger partial charge in [-0.1, -0.05) is 0 Å². The number of nitrogens with two attached hydrogens (primary N) is 1. The molecular weight excluding hydrogens is 402 g/mol. The molecule has 31 heavy (non-hydrogen) atoms. The standard InChI is InChI=1S/C23H20F2N4O2/c1-11(26)6-19(30)13-7-15(24)21(16(25)8-13)22-20(12-2-3-12)23(31)29(22)14-4-5-17-18(9-14)28-10-27-17/h4-10,12,20,22H,2-3,26H2,1H3,(H,27,28)/b11-6-/t20-,22-/m1/s1. The van der Waals surface area contributed by atoms with E-state index >= 15 is 8.78 Å². The van der Waals surface area contributed by atoms with Crippen molar-refractivity contribution < 1.29 is 18.4 Å².